The summed E-state index contributed by atoms with van der Waals surface area (Å²) in [7, 11) is 0. The van der Waals surface area contributed by atoms with Crippen molar-refractivity contribution in [2.24, 2.45) is 11.8 Å². The van der Waals surface area contributed by atoms with E-state index < -0.39 is 0 Å². The summed E-state index contributed by atoms with van der Waals surface area (Å²) in [6.07, 6.45) is 3.09. The molecule has 0 bridgehead atoms. The number of amides is 2. The number of likely N-dealkylation sites (tertiary alicyclic amines) is 1. The fourth-order valence-corrected chi connectivity index (χ4v) is 4.18. The van der Waals surface area contributed by atoms with Crippen LogP contribution in [0.25, 0.3) is 11.1 Å². The summed E-state index contributed by atoms with van der Waals surface area (Å²) in [6.45, 7) is 6.48. The van der Waals surface area contributed by atoms with Crippen LogP contribution in [0.3, 0.4) is 0 Å². The molecule has 0 spiro atoms. The van der Waals surface area contributed by atoms with Crippen molar-refractivity contribution >= 4 is 11.8 Å². The van der Waals surface area contributed by atoms with Gasteiger partial charge in [-0.3, -0.25) is 9.59 Å². The first-order chi connectivity index (χ1) is 14.0. The lowest BCUT2D eigenvalue weighted by molar-refractivity contribution is -0.131. The molecule has 1 unspecified atom stereocenters. The first kappa shape index (κ1) is 19.7. The van der Waals surface area contributed by atoms with Gasteiger partial charge in [-0.25, -0.2) is 0 Å². The van der Waals surface area contributed by atoms with Crippen molar-refractivity contribution in [3.8, 4) is 11.1 Å². The van der Waals surface area contributed by atoms with Crippen LogP contribution in [0.2, 0.25) is 0 Å². The Balaban J connectivity index is 1.41. The monoisotopic (exact) mass is 390 g/mol. The third kappa shape index (κ3) is 4.52. The number of carbonyl (C=O) groups excluding carboxylic acids is 2. The zero-order valence-electron chi connectivity index (χ0n) is 17.4. The highest BCUT2D eigenvalue weighted by Crippen LogP contribution is 2.33. The summed E-state index contributed by atoms with van der Waals surface area (Å²) in [5.74, 6) is 1.05. The number of carbonyl (C=O) groups is 2. The van der Waals surface area contributed by atoms with Crippen LogP contribution in [0.15, 0.2) is 54.6 Å². The lowest BCUT2D eigenvalue weighted by atomic mass is 10.0. The summed E-state index contributed by atoms with van der Waals surface area (Å²) >= 11 is 0. The SMILES string of the molecule is CC(C)N(CC1CCN(C(=O)C2CC2)C1)C(=O)c1ccc(-c2ccccc2)cc1. The van der Waals surface area contributed by atoms with E-state index in [-0.39, 0.29) is 17.9 Å². The molecule has 0 radical (unpaired) electrons. The second-order valence-corrected chi connectivity index (χ2v) is 8.71. The maximum Gasteiger partial charge on any atom is 0.254 e. The molecule has 0 aromatic heterocycles. The van der Waals surface area contributed by atoms with Gasteiger partial charge in [0.25, 0.3) is 5.91 Å². The van der Waals surface area contributed by atoms with Gasteiger partial charge in [0.2, 0.25) is 5.91 Å². The Morgan fingerprint density at radius 3 is 2.24 bits per heavy atom. The Kier molecular flexibility index (Phi) is 5.70. The van der Waals surface area contributed by atoms with Crippen molar-refractivity contribution in [2.45, 2.75) is 39.2 Å². The Morgan fingerprint density at radius 1 is 0.966 bits per heavy atom. The zero-order valence-corrected chi connectivity index (χ0v) is 17.4. The van der Waals surface area contributed by atoms with E-state index in [4.69, 9.17) is 0 Å². The fraction of sp³-hybridized carbons (Fsp3) is 0.440. The van der Waals surface area contributed by atoms with Crippen molar-refractivity contribution in [1.82, 2.24) is 9.80 Å². The molecule has 2 fully saturated rings. The lowest BCUT2D eigenvalue weighted by Gasteiger charge is -2.30. The summed E-state index contributed by atoms with van der Waals surface area (Å²) < 4.78 is 0. The molecule has 1 heterocycles. The number of benzene rings is 2. The van der Waals surface area contributed by atoms with Crippen LogP contribution >= 0.6 is 0 Å². The second kappa shape index (κ2) is 8.40. The summed E-state index contributed by atoms with van der Waals surface area (Å²) in [4.78, 5) is 29.5. The van der Waals surface area contributed by atoms with Crippen LogP contribution in [0, 0.1) is 11.8 Å². The predicted octanol–water partition coefficient (Wildman–Crippen LogP) is 4.46. The van der Waals surface area contributed by atoms with Gasteiger partial charge in [0.05, 0.1) is 0 Å². The summed E-state index contributed by atoms with van der Waals surface area (Å²) in [6, 6.07) is 18.2. The molecule has 1 aliphatic carbocycles. The second-order valence-electron chi connectivity index (χ2n) is 8.71. The quantitative estimate of drug-likeness (QED) is 0.730. The molecule has 2 aromatic carbocycles. The van der Waals surface area contributed by atoms with E-state index in [0.29, 0.717) is 18.4 Å². The largest absolute Gasteiger partial charge is 0.342 e. The lowest BCUT2D eigenvalue weighted by Crippen LogP contribution is -2.41. The van der Waals surface area contributed by atoms with Crippen molar-refractivity contribution in [2.75, 3.05) is 19.6 Å². The van der Waals surface area contributed by atoms with E-state index in [0.717, 1.165) is 49.0 Å². The third-order valence-electron chi connectivity index (χ3n) is 6.10. The average Bonchev–Trinajstić information content (AvgIpc) is 3.49. The highest BCUT2D eigenvalue weighted by atomic mass is 16.2. The Morgan fingerprint density at radius 2 is 1.62 bits per heavy atom. The first-order valence-electron chi connectivity index (χ1n) is 10.8. The van der Waals surface area contributed by atoms with Gasteiger partial charge < -0.3 is 9.80 Å². The van der Waals surface area contributed by atoms with Crippen LogP contribution < -0.4 is 0 Å². The van der Waals surface area contributed by atoms with Gasteiger partial charge in [-0.15, -0.1) is 0 Å². The highest BCUT2D eigenvalue weighted by molar-refractivity contribution is 5.95. The van der Waals surface area contributed by atoms with Crippen LogP contribution in [0.4, 0.5) is 0 Å². The van der Waals surface area contributed by atoms with E-state index >= 15 is 0 Å². The summed E-state index contributed by atoms with van der Waals surface area (Å²) in [5, 5.41) is 0. The fourth-order valence-electron chi connectivity index (χ4n) is 4.18. The van der Waals surface area contributed by atoms with E-state index in [1.54, 1.807) is 0 Å². The number of nitrogens with zero attached hydrogens (tertiary/aromatic N) is 2. The summed E-state index contributed by atoms with van der Waals surface area (Å²) in [5.41, 5.74) is 2.99. The molecule has 2 aromatic rings. The third-order valence-corrected chi connectivity index (χ3v) is 6.10. The maximum absolute atomic E-state index is 13.2. The van der Waals surface area contributed by atoms with Gasteiger partial charge in [-0.05, 0) is 62.3 Å². The molecule has 1 saturated heterocycles. The molecule has 2 amide bonds. The van der Waals surface area contributed by atoms with Crippen LogP contribution in [0.1, 0.15) is 43.5 Å². The number of hydrogen-bond donors (Lipinski definition) is 0. The van der Waals surface area contributed by atoms with Crippen molar-refractivity contribution < 1.29 is 9.59 Å². The van der Waals surface area contributed by atoms with E-state index in [1.807, 2.05) is 52.3 Å². The van der Waals surface area contributed by atoms with Gasteiger partial charge in [0.1, 0.15) is 0 Å². The van der Waals surface area contributed by atoms with Crippen molar-refractivity contribution in [3.05, 3.63) is 60.2 Å². The van der Waals surface area contributed by atoms with Gasteiger partial charge in [0, 0.05) is 37.2 Å². The number of hydrogen-bond acceptors (Lipinski definition) is 2. The minimum Gasteiger partial charge on any atom is -0.342 e. The highest BCUT2D eigenvalue weighted by Gasteiger charge is 2.37. The molecule has 4 rings (SSSR count). The van der Waals surface area contributed by atoms with Gasteiger partial charge in [0.15, 0.2) is 0 Å². The zero-order chi connectivity index (χ0) is 20.4. The normalized spacial score (nSPS) is 18.9. The molecule has 1 aliphatic heterocycles. The van der Waals surface area contributed by atoms with Crippen LogP contribution in [0.5, 0.6) is 0 Å². The van der Waals surface area contributed by atoms with Gasteiger partial charge >= 0.3 is 0 Å². The van der Waals surface area contributed by atoms with Gasteiger partial charge in [-0.1, -0.05) is 42.5 Å². The van der Waals surface area contributed by atoms with Gasteiger partial charge in [-0.2, -0.15) is 0 Å². The molecule has 152 valence electrons. The molecular weight excluding hydrogens is 360 g/mol. The minimum atomic E-state index is 0.0755. The molecule has 2 aliphatic rings. The topological polar surface area (TPSA) is 40.6 Å². The molecule has 29 heavy (non-hydrogen) atoms. The molecule has 1 atom stereocenters. The molecule has 4 nitrogen and oxygen atoms in total. The number of rotatable bonds is 6. The standard InChI is InChI=1S/C25H30N2O2/c1-18(2)27(17-19-14-15-26(16-19)24(28)22-12-13-22)25(29)23-10-8-21(9-11-23)20-6-4-3-5-7-20/h3-11,18-19,22H,12-17H2,1-2H3. The van der Waals surface area contributed by atoms with Crippen LogP contribution in [-0.2, 0) is 4.79 Å². The predicted molar refractivity (Wildman–Crippen MR) is 115 cm³/mol. The molecule has 1 saturated carbocycles. The molecular formula is C25H30N2O2. The van der Waals surface area contributed by atoms with E-state index in [1.165, 1.54) is 0 Å². The van der Waals surface area contributed by atoms with Crippen molar-refractivity contribution in [3.63, 3.8) is 0 Å². The Hall–Kier alpha value is -2.62. The first-order valence-corrected chi connectivity index (χ1v) is 10.8. The average molecular weight is 391 g/mol. The molecule has 0 N–H and O–H groups in total. The van der Waals surface area contributed by atoms with E-state index in [9.17, 15) is 9.59 Å². The van der Waals surface area contributed by atoms with E-state index in [2.05, 4.69) is 26.0 Å². The molecule has 4 heteroatoms. The smallest absolute Gasteiger partial charge is 0.254 e. The Labute approximate surface area is 173 Å². The maximum atomic E-state index is 13.2. The Bertz CT molecular complexity index is 856. The van der Waals surface area contributed by atoms with Crippen LogP contribution in [-0.4, -0.2) is 47.3 Å². The minimum absolute atomic E-state index is 0.0755. The van der Waals surface area contributed by atoms with Crippen molar-refractivity contribution in [1.29, 1.82) is 0 Å².